The van der Waals surface area contributed by atoms with Gasteiger partial charge in [-0.3, -0.25) is 4.79 Å². The van der Waals surface area contributed by atoms with E-state index in [1.807, 2.05) is 6.07 Å². The normalized spacial score (nSPS) is 15.8. The number of nitrogens with one attached hydrogen (secondary N) is 1. The number of anilines is 1. The molecule has 3 rings (SSSR count). The van der Waals surface area contributed by atoms with Crippen LogP contribution in [0.3, 0.4) is 0 Å². The lowest BCUT2D eigenvalue weighted by Gasteiger charge is -2.41. The third kappa shape index (κ3) is 5.18. The number of benzene rings is 2. The molecule has 1 aliphatic heterocycles. The number of hydrogen-bond acceptors (Lipinski definition) is 1. The third-order valence-corrected chi connectivity index (χ3v) is 5.35. The zero-order valence-electron chi connectivity index (χ0n) is 15.8. The Morgan fingerprint density at radius 3 is 2.15 bits per heavy atom. The summed E-state index contributed by atoms with van der Waals surface area (Å²) in [5.74, 6) is 0.134. The Balaban J connectivity index is 0.00000243. The number of para-hydroxylation sites is 1. The van der Waals surface area contributed by atoms with Gasteiger partial charge in [-0.2, -0.15) is 0 Å². The van der Waals surface area contributed by atoms with Crippen LogP contribution in [0.25, 0.3) is 0 Å². The Morgan fingerprint density at radius 2 is 1.54 bits per heavy atom. The number of amides is 1. The first-order valence-electron chi connectivity index (χ1n) is 9.33. The Bertz CT molecular complexity index is 704. The number of carbonyl (C=O) groups is 1. The number of hydrogen-bond donors (Lipinski definition) is 1. The first kappa shape index (κ1) is 20.7. The number of nitrogens with zero attached hydrogens (tertiary/aromatic N) is 1. The van der Waals surface area contributed by atoms with Crippen LogP contribution < -0.4 is 22.3 Å². The van der Waals surface area contributed by atoms with Gasteiger partial charge < -0.3 is 26.8 Å². The molecule has 4 heteroatoms. The lowest BCUT2D eigenvalue weighted by molar-refractivity contribution is -0.937. The van der Waals surface area contributed by atoms with Crippen molar-refractivity contribution in [2.24, 2.45) is 0 Å². The van der Waals surface area contributed by atoms with Crippen LogP contribution in [0.5, 0.6) is 0 Å². The molecule has 2 aromatic rings. The Labute approximate surface area is 167 Å². The van der Waals surface area contributed by atoms with Crippen molar-refractivity contribution in [2.75, 3.05) is 25.0 Å². The zero-order chi connectivity index (χ0) is 17.7. The van der Waals surface area contributed by atoms with E-state index in [-0.39, 0.29) is 22.9 Å². The summed E-state index contributed by atoms with van der Waals surface area (Å²) in [6.45, 7) is 7.80. The van der Waals surface area contributed by atoms with Gasteiger partial charge in [0.1, 0.15) is 6.54 Å². The summed E-state index contributed by atoms with van der Waals surface area (Å²) < 4.78 is 0.876. The summed E-state index contributed by atoms with van der Waals surface area (Å²) >= 11 is 0. The number of quaternary nitrogens is 1. The highest BCUT2D eigenvalue weighted by molar-refractivity contribution is 5.93. The molecule has 0 saturated carbocycles. The molecular formula is C22H29BrN2O. The summed E-state index contributed by atoms with van der Waals surface area (Å²) in [4.78, 5) is 12.9. The molecule has 1 N–H and O–H groups in total. The van der Waals surface area contributed by atoms with Crippen LogP contribution in [0.15, 0.2) is 48.5 Å². The molecule has 1 saturated heterocycles. The van der Waals surface area contributed by atoms with E-state index in [9.17, 15) is 4.79 Å². The molecule has 2 aromatic carbocycles. The van der Waals surface area contributed by atoms with Crippen LogP contribution in [0, 0.1) is 13.8 Å². The van der Waals surface area contributed by atoms with Crippen molar-refractivity contribution in [1.82, 2.24) is 0 Å². The van der Waals surface area contributed by atoms with Gasteiger partial charge in [0.15, 0.2) is 6.54 Å². The summed E-state index contributed by atoms with van der Waals surface area (Å²) in [6.07, 6.45) is 3.71. The molecule has 0 aromatic heterocycles. The SMILES string of the molecule is Cc1cccc(C)c1NC(=O)C[N+]1(Cc2ccccc2)CCCCC1.[Br-]. The highest BCUT2D eigenvalue weighted by Crippen LogP contribution is 2.24. The predicted molar refractivity (Wildman–Crippen MR) is 103 cm³/mol. The standard InChI is InChI=1S/C22H28N2O.BrH/c1-18-10-9-11-19(2)22(18)23-21(25)17-24(14-7-4-8-15-24)16-20-12-5-3-6-13-20;/h3,5-6,9-13H,4,7-8,14-17H2,1-2H3;1H. The molecule has 0 unspecified atom stereocenters. The Kier molecular flexibility index (Phi) is 7.42. The summed E-state index contributed by atoms with van der Waals surface area (Å²) in [7, 11) is 0. The van der Waals surface area contributed by atoms with Crippen molar-refractivity contribution in [1.29, 1.82) is 0 Å². The number of likely N-dealkylation sites (tertiary alicyclic amines) is 1. The molecule has 0 aliphatic carbocycles. The lowest BCUT2D eigenvalue weighted by atomic mass is 10.0. The molecule has 1 fully saturated rings. The van der Waals surface area contributed by atoms with Crippen molar-refractivity contribution in [2.45, 2.75) is 39.7 Å². The number of aryl methyl sites for hydroxylation is 2. The molecule has 140 valence electrons. The fraction of sp³-hybridized carbons (Fsp3) is 0.409. The van der Waals surface area contributed by atoms with Crippen LogP contribution in [-0.2, 0) is 11.3 Å². The Morgan fingerprint density at radius 1 is 0.923 bits per heavy atom. The molecule has 0 radical (unpaired) electrons. The van der Waals surface area contributed by atoms with Crippen LogP contribution in [-0.4, -0.2) is 30.0 Å². The van der Waals surface area contributed by atoms with Crippen LogP contribution in [0.1, 0.15) is 36.0 Å². The van der Waals surface area contributed by atoms with E-state index in [1.54, 1.807) is 0 Å². The van der Waals surface area contributed by atoms with Crippen molar-refractivity contribution in [3.63, 3.8) is 0 Å². The number of carbonyl (C=O) groups excluding carboxylic acids is 1. The number of rotatable bonds is 5. The van der Waals surface area contributed by atoms with Crippen LogP contribution >= 0.6 is 0 Å². The van der Waals surface area contributed by atoms with Gasteiger partial charge in [-0.15, -0.1) is 0 Å². The average Bonchev–Trinajstić information content (AvgIpc) is 2.60. The average molecular weight is 417 g/mol. The molecule has 0 spiro atoms. The van der Waals surface area contributed by atoms with Gasteiger partial charge in [0, 0.05) is 11.3 Å². The topological polar surface area (TPSA) is 29.1 Å². The van der Waals surface area contributed by atoms with Gasteiger partial charge in [0.25, 0.3) is 5.91 Å². The second-order valence-corrected chi connectivity index (χ2v) is 7.47. The highest BCUT2D eigenvalue weighted by Gasteiger charge is 2.33. The maximum Gasteiger partial charge on any atom is 0.279 e. The minimum Gasteiger partial charge on any atom is -1.00 e. The van der Waals surface area contributed by atoms with E-state index >= 15 is 0 Å². The largest absolute Gasteiger partial charge is 1.00 e. The molecule has 3 nitrogen and oxygen atoms in total. The van der Waals surface area contributed by atoms with Crippen LogP contribution in [0.4, 0.5) is 5.69 Å². The molecule has 1 aliphatic rings. The molecule has 26 heavy (non-hydrogen) atoms. The van der Waals surface area contributed by atoms with Gasteiger partial charge in [0.2, 0.25) is 0 Å². The lowest BCUT2D eigenvalue weighted by Crippen LogP contribution is -3.00. The van der Waals surface area contributed by atoms with Gasteiger partial charge in [0.05, 0.1) is 13.1 Å². The fourth-order valence-electron chi connectivity index (χ4n) is 4.02. The zero-order valence-corrected chi connectivity index (χ0v) is 17.4. The quantitative estimate of drug-likeness (QED) is 0.734. The molecule has 0 atom stereocenters. The minimum atomic E-state index is 0. The summed E-state index contributed by atoms with van der Waals surface area (Å²) in [5, 5.41) is 3.18. The monoisotopic (exact) mass is 416 g/mol. The van der Waals surface area contributed by atoms with E-state index in [0.29, 0.717) is 6.54 Å². The number of piperidine rings is 1. The summed E-state index contributed by atoms with van der Waals surface area (Å²) in [6, 6.07) is 16.7. The van der Waals surface area contributed by atoms with Crippen molar-refractivity contribution in [3.05, 3.63) is 65.2 Å². The van der Waals surface area contributed by atoms with Crippen LogP contribution in [0.2, 0.25) is 0 Å². The molecular weight excluding hydrogens is 388 g/mol. The van der Waals surface area contributed by atoms with Gasteiger partial charge in [-0.25, -0.2) is 0 Å². The number of halogens is 1. The minimum absolute atomic E-state index is 0. The van der Waals surface area contributed by atoms with E-state index in [2.05, 4.69) is 61.6 Å². The maximum atomic E-state index is 12.9. The Hall–Kier alpha value is -1.65. The summed E-state index contributed by atoms with van der Waals surface area (Å²) in [5.41, 5.74) is 4.55. The second-order valence-electron chi connectivity index (χ2n) is 7.47. The van der Waals surface area contributed by atoms with E-state index in [4.69, 9.17) is 0 Å². The fourth-order valence-corrected chi connectivity index (χ4v) is 4.02. The van der Waals surface area contributed by atoms with E-state index in [0.717, 1.165) is 40.9 Å². The molecule has 0 bridgehead atoms. The van der Waals surface area contributed by atoms with Gasteiger partial charge in [-0.1, -0.05) is 48.5 Å². The van der Waals surface area contributed by atoms with Crippen molar-refractivity contribution >= 4 is 11.6 Å². The molecule has 1 amide bonds. The highest BCUT2D eigenvalue weighted by atomic mass is 79.9. The third-order valence-electron chi connectivity index (χ3n) is 5.35. The van der Waals surface area contributed by atoms with Gasteiger partial charge >= 0.3 is 0 Å². The predicted octanol–water partition coefficient (Wildman–Crippen LogP) is 1.45. The van der Waals surface area contributed by atoms with E-state index in [1.165, 1.54) is 24.8 Å². The first-order valence-corrected chi connectivity index (χ1v) is 9.33. The first-order chi connectivity index (χ1) is 12.1. The second kappa shape index (κ2) is 9.33. The maximum absolute atomic E-state index is 12.9. The van der Waals surface area contributed by atoms with Crippen molar-refractivity contribution in [3.8, 4) is 0 Å². The van der Waals surface area contributed by atoms with Crippen molar-refractivity contribution < 1.29 is 26.3 Å². The van der Waals surface area contributed by atoms with E-state index < -0.39 is 0 Å². The molecule has 1 heterocycles. The smallest absolute Gasteiger partial charge is 0.279 e. The van der Waals surface area contributed by atoms with Gasteiger partial charge in [-0.05, 0) is 44.2 Å².